The lowest BCUT2D eigenvalue weighted by molar-refractivity contribution is -0.384. The fourth-order valence-corrected chi connectivity index (χ4v) is 2.74. The largest absolute Gasteiger partial charge is 0.465 e. The number of carbonyl (C=O) groups is 1. The van der Waals surface area contributed by atoms with E-state index in [9.17, 15) is 14.9 Å². The third-order valence-electron chi connectivity index (χ3n) is 3.89. The summed E-state index contributed by atoms with van der Waals surface area (Å²) in [7, 11) is 0. The van der Waals surface area contributed by atoms with Crippen LogP contribution in [0.15, 0.2) is 6.20 Å². The van der Waals surface area contributed by atoms with Gasteiger partial charge in [-0.1, -0.05) is 0 Å². The van der Waals surface area contributed by atoms with E-state index >= 15 is 0 Å². The molecule has 9 heteroatoms. The maximum Gasteiger partial charge on any atom is 0.404 e. The number of aromatic nitrogens is 2. The van der Waals surface area contributed by atoms with Crippen molar-refractivity contribution >= 4 is 17.6 Å². The van der Waals surface area contributed by atoms with Crippen LogP contribution in [0.4, 0.5) is 16.3 Å². The van der Waals surface area contributed by atoms with Gasteiger partial charge in [-0.2, -0.15) is 5.10 Å². The summed E-state index contributed by atoms with van der Waals surface area (Å²) in [5.41, 5.74) is 0.0239. The van der Waals surface area contributed by atoms with Crippen LogP contribution in [0.25, 0.3) is 0 Å². The van der Waals surface area contributed by atoms with Crippen LogP contribution in [-0.4, -0.2) is 45.5 Å². The van der Waals surface area contributed by atoms with E-state index < -0.39 is 11.0 Å². The van der Waals surface area contributed by atoms with Crippen LogP contribution in [0.3, 0.4) is 0 Å². The van der Waals surface area contributed by atoms with E-state index in [1.807, 2.05) is 18.7 Å². The quantitative estimate of drug-likeness (QED) is 0.633. The first-order valence-corrected chi connectivity index (χ1v) is 7.33. The van der Waals surface area contributed by atoms with Crippen molar-refractivity contribution in [2.24, 2.45) is 5.92 Å². The molecule has 22 heavy (non-hydrogen) atoms. The molecule has 9 nitrogen and oxygen atoms in total. The molecule has 0 aromatic carbocycles. The minimum atomic E-state index is -1.02. The van der Waals surface area contributed by atoms with Crippen LogP contribution in [0.2, 0.25) is 0 Å². The Bertz CT molecular complexity index is 549. The van der Waals surface area contributed by atoms with E-state index in [4.69, 9.17) is 5.11 Å². The summed E-state index contributed by atoms with van der Waals surface area (Å²) in [5, 5.41) is 26.4. The number of nitro groups is 1. The zero-order valence-electron chi connectivity index (χ0n) is 12.7. The van der Waals surface area contributed by atoms with Gasteiger partial charge >= 0.3 is 11.8 Å². The van der Waals surface area contributed by atoms with Gasteiger partial charge in [0.25, 0.3) is 0 Å². The molecular formula is C13H21N5O4. The minimum absolute atomic E-state index is 0.0239. The molecule has 0 unspecified atom stereocenters. The predicted octanol–water partition coefficient (Wildman–Crippen LogP) is 1.86. The van der Waals surface area contributed by atoms with Crippen LogP contribution >= 0.6 is 0 Å². The lowest BCUT2D eigenvalue weighted by Gasteiger charge is -2.33. The van der Waals surface area contributed by atoms with Gasteiger partial charge in [0.1, 0.15) is 6.20 Å². The molecule has 0 atom stereocenters. The molecular weight excluding hydrogens is 290 g/mol. The second kappa shape index (κ2) is 6.63. The molecule has 2 heterocycles. The second-order valence-corrected chi connectivity index (χ2v) is 5.77. The molecule has 0 spiro atoms. The summed E-state index contributed by atoms with van der Waals surface area (Å²) in [6, 6.07) is 0.0371. The van der Waals surface area contributed by atoms with Crippen molar-refractivity contribution in [3.63, 3.8) is 0 Å². The van der Waals surface area contributed by atoms with E-state index in [2.05, 4.69) is 10.4 Å². The first-order chi connectivity index (χ1) is 10.4. The van der Waals surface area contributed by atoms with Crippen molar-refractivity contribution in [1.29, 1.82) is 0 Å². The Morgan fingerprint density at radius 3 is 2.68 bits per heavy atom. The van der Waals surface area contributed by atoms with Crippen molar-refractivity contribution in [1.82, 2.24) is 15.1 Å². The fraction of sp³-hybridized carbons (Fsp3) is 0.692. The third-order valence-corrected chi connectivity index (χ3v) is 3.89. The number of anilines is 1. The molecule has 0 saturated carbocycles. The van der Waals surface area contributed by atoms with Gasteiger partial charge in [-0.25, -0.2) is 9.48 Å². The highest BCUT2D eigenvalue weighted by atomic mass is 16.6. The van der Waals surface area contributed by atoms with Gasteiger partial charge in [0.15, 0.2) is 0 Å². The summed E-state index contributed by atoms with van der Waals surface area (Å²) < 4.78 is 1.67. The van der Waals surface area contributed by atoms with Crippen LogP contribution in [0.1, 0.15) is 32.7 Å². The molecule has 1 amide bonds. The van der Waals surface area contributed by atoms with Crippen molar-refractivity contribution < 1.29 is 14.8 Å². The monoisotopic (exact) mass is 311 g/mol. The highest BCUT2D eigenvalue weighted by molar-refractivity contribution is 5.64. The van der Waals surface area contributed by atoms with Gasteiger partial charge in [-0.3, -0.25) is 10.1 Å². The number of nitrogens with one attached hydrogen (secondary N) is 1. The number of amides is 1. The molecule has 0 aliphatic carbocycles. The average Bonchev–Trinajstić information content (AvgIpc) is 2.90. The predicted molar refractivity (Wildman–Crippen MR) is 80.2 cm³/mol. The van der Waals surface area contributed by atoms with E-state index in [0.717, 1.165) is 12.8 Å². The smallest absolute Gasteiger partial charge is 0.404 e. The Labute approximate surface area is 128 Å². The van der Waals surface area contributed by atoms with Crippen LogP contribution in [0.5, 0.6) is 0 Å². The maximum atomic E-state index is 11.2. The summed E-state index contributed by atoms with van der Waals surface area (Å²) in [6.45, 7) is 5.61. The topological polar surface area (TPSA) is 114 Å². The third kappa shape index (κ3) is 3.46. The molecule has 122 valence electrons. The molecule has 1 aliphatic heterocycles. The number of rotatable bonds is 5. The van der Waals surface area contributed by atoms with Gasteiger partial charge in [-0.05, 0) is 32.6 Å². The van der Waals surface area contributed by atoms with E-state index in [-0.39, 0.29) is 17.6 Å². The summed E-state index contributed by atoms with van der Waals surface area (Å²) in [5.74, 6) is 0.812. The lowest BCUT2D eigenvalue weighted by atomic mass is 9.97. The normalized spacial score (nSPS) is 16.0. The molecule has 1 aromatic heterocycles. The highest BCUT2D eigenvalue weighted by Crippen LogP contribution is 2.33. The molecule has 2 rings (SSSR count). The van der Waals surface area contributed by atoms with E-state index in [0.29, 0.717) is 25.5 Å². The van der Waals surface area contributed by atoms with Gasteiger partial charge in [-0.15, -0.1) is 0 Å². The molecule has 2 N–H and O–H groups in total. The Kier molecular flexibility index (Phi) is 4.84. The molecule has 1 fully saturated rings. The second-order valence-electron chi connectivity index (χ2n) is 5.77. The molecule has 1 saturated heterocycles. The van der Waals surface area contributed by atoms with Gasteiger partial charge in [0.2, 0.25) is 5.82 Å². The van der Waals surface area contributed by atoms with Crippen LogP contribution < -0.4 is 10.2 Å². The number of hydrogen-bond donors (Lipinski definition) is 2. The Morgan fingerprint density at radius 2 is 2.18 bits per heavy atom. The molecule has 0 radical (unpaired) electrons. The first-order valence-electron chi connectivity index (χ1n) is 7.33. The first kappa shape index (κ1) is 16.1. The van der Waals surface area contributed by atoms with Crippen molar-refractivity contribution in [2.75, 3.05) is 24.5 Å². The molecule has 1 aliphatic rings. The number of nitrogens with zero attached hydrogens (tertiary/aromatic N) is 4. The SMILES string of the molecule is CC(C)n1ncc([N+](=O)[O-])c1N1CCC(CNC(=O)O)CC1. The zero-order chi connectivity index (χ0) is 16.3. The number of hydrogen-bond acceptors (Lipinski definition) is 5. The fourth-order valence-electron chi connectivity index (χ4n) is 2.74. The highest BCUT2D eigenvalue weighted by Gasteiger charge is 2.30. The van der Waals surface area contributed by atoms with Gasteiger partial charge in [0, 0.05) is 25.7 Å². The lowest BCUT2D eigenvalue weighted by Crippen LogP contribution is -2.39. The summed E-state index contributed by atoms with van der Waals surface area (Å²) in [4.78, 5) is 23.3. The van der Waals surface area contributed by atoms with Gasteiger partial charge in [0.05, 0.1) is 4.92 Å². The van der Waals surface area contributed by atoms with Crippen molar-refractivity contribution in [3.8, 4) is 0 Å². The summed E-state index contributed by atoms with van der Waals surface area (Å²) in [6.07, 6.45) is 1.87. The number of carboxylic acid groups (broad SMARTS) is 1. The van der Waals surface area contributed by atoms with Crippen molar-refractivity contribution in [3.05, 3.63) is 16.3 Å². The van der Waals surface area contributed by atoms with Crippen molar-refractivity contribution in [2.45, 2.75) is 32.7 Å². The molecule has 0 bridgehead atoms. The zero-order valence-corrected chi connectivity index (χ0v) is 12.7. The Balaban J connectivity index is 2.09. The summed E-state index contributed by atoms with van der Waals surface area (Å²) >= 11 is 0. The minimum Gasteiger partial charge on any atom is -0.465 e. The Morgan fingerprint density at radius 1 is 1.55 bits per heavy atom. The van der Waals surface area contributed by atoms with Gasteiger partial charge < -0.3 is 15.3 Å². The van der Waals surface area contributed by atoms with E-state index in [1.165, 1.54) is 6.20 Å². The molecule has 1 aromatic rings. The maximum absolute atomic E-state index is 11.2. The Hall–Kier alpha value is -2.32. The number of piperidine rings is 1. The standard InChI is InChI=1S/C13H21N5O4/c1-9(2)17-12(11(8-15-17)18(21)22)16-5-3-10(4-6-16)7-14-13(19)20/h8-10,14H,3-7H2,1-2H3,(H,19,20). The van der Waals surface area contributed by atoms with Crippen LogP contribution in [-0.2, 0) is 0 Å². The van der Waals surface area contributed by atoms with Crippen LogP contribution in [0, 0.1) is 16.0 Å². The van der Waals surface area contributed by atoms with E-state index in [1.54, 1.807) is 4.68 Å². The average molecular weight is 311 g/mol.